The molecule has 4 aliphatic rings. The summed E-state index contributed by atoms with van der Waals surface area (Å²) in [5, 5.41) is 111. The molecule has 560 valence electrons. The average Bonchev–Trinajstić information content (AvgIpc) is 1.08. The van der Waals surface area contributed by atoms with Crippen LogP contribution in [0.2, 0.25) is 0 Å². The number of hydrogen-bond acceptors (Lipinski definition) is 35. The number of nitrogens with zero attached hydrogens (tertiary/aromatic N) is 21. The molecule has 0 atom stereocenters. The number of para-hydroxylation sites is 1. The molecule has 0 aliphatic carbocycles. The molecule has 2 radical (unpaired) electrons. The number of hydrazine groups is 4. The van der Waals surface area contributed by atoms with E-state index in [1.54, 1.807) is 36.8 Å². The first-order valence-electron chi connectivity index (χ1n) is 27.3. The maximum Gasteiger partial charge on any atom is 2.00 e. The van der Waals surface area contributed by atoms with Crippen LogP contribution < -0.4 is 66.7 Å². The van der Waals surface area contributed by atoms with E-state index in [0.717, 1.165) is 81.3 Å². The summed E-state index contributed by atoms with van der Waals surface area (Å²) in [6.07, 6.45) is 8.89. The summed E-state index contributed by atoms with van der Waals surface area (Å²) in [5.41, 5.74) is 7.76. The molecular formula is C46H71Cl3Cu2N22Ni2O21S. The average molecular weight is 1650 g/mol. The number of rotatable bonds is 19. The number of piperazine rings is 4. The van der Waals surface area contributed by atoms with Crippen molar-refractivity contribution in [3.8, 4) is 5.75 Å². The summed E-state index contributed by atoms with van der Waals surface area (Å²) in [6.45, 7) is 19.8. The molecule has 0 amide bonds. The van der Waals surface area contributed by atoms with E-state index in [1.165, 1.54) is 26.1 Å². The normalized spacial score (nSPS) is 16.3. The van der Waals surface area contributed by atoms with Gasteiger partial charge in [0.1, 0.15) is 4.64 Å². The van der Waals surface area contributed by atoms with E-state index in [0.29, 0.717) is 103 Å². The molecule has 51 heteroatoms. The van der Waals surface area contributed by atoms with Crippen LogP contribution >= 0.6 is 12.2 Å². The third kappa shape index (κ3) is 49.9. The molecule has 4 aliphatic heterocycles. The van der Waals surface area contributed by atoms with Gasteiger partial charge >= 0.3 is 67.1 Å². The van der Waals surface area contributed by atoms with Gasteiger partial charge < -0.3 is 57.1 Å². The largest absolute Gasteiger partial charge is 2.00 e. The standard InChI is InChI=1S/C15H24N6O2S.C13H19N5O3.C12H18N6O2.C6H15N5O2.3ClHO4.2Cu.2Ni/c1-13(2)20-6-3-4-14(15(20)24)12-16-5-7-18-8-10-19(11-9-18)21(23)17-22;19-13-4-2-1-3-12(13)11-14-5-6-16-7-9-17(10-8-16)18(21)15-20;19-15-18(20)17-9-7-16(8-10-17)6-5-13-11-12-3-1-2-4-14-12;7-1-2-9-3-5-10(6-4-9)11(13)8-12;3*2-1(3,4)5;;;;/h3-4,6,12-13,22H,5,7-11H2,1-2H3;1-4,11,19-20H,5-10H2;1-4,11,19H,5-10H2;12H,1-7H2;3*(H,2,3,4,5);;;;/q;;;;;;;4*+2/p-8. The summed E-state index contributed by atoms with van der Waals surface area (Å²) < 4.78 is 105. The number of aliphatic imine (C=N–C) groups is 3. The van der Waals surface area contributed by atoms with Gasteiger partial charge in [-0.2, -0.15) is 0 Å². The molecule has 6 heterocycles. The number of benzene rings is 1. The van der Waals surface area contributed by atoms with Crippen molar-refractivity contribution in [2.24, 2.45) is 41.8 Å². The Balaban J connectivity index is -0.000000553. The number of aromatic nitrogens is 2. The zero-order valence-corrected chi connectivity index (χ0v) is 58.4. The summed E-state index contributed by atoms with van der Waals surface area (Å²) in [4.78, 5) is 26.3. The Morgan fingerprint density at radius 2 is 0.773 bits per heavy atom. The molecule has 2 aromatic heterocycles. The molecule has 4 fully saturated rings. The van der Waals surface area contributed by atoms with Crippen molar-refractivity contribution in [3.63, 3.8) is 0 Å². The predicted molar refractivity (Wildman–Crippen MR) is 292 cm³/mol. The molecule has 2 N–H and O–H groups in total. The van der Waals surface area contributed by atoms with Crippen molar-refractivity contribution in [2.75, 3.05) is 157 Å². The summed E-state index contributed by atoms with van der Waals surface area (Å²) in [7, 11) is -14.8. The fourth-order valence-corrected chi connectivity index (χ4v) is 8.46. The number of halogens is 3. The molecule has 97 heavy (non-hydrogen) atoms. The number of nitrogens with two attached hydrogens (primary N) is 1. The van der Waals surface area contributed by atoms with Crippen molar-refractivity contribution < 1.29 is 179 Å². The van der Waals surface area contributed by atoms with Gasteiger partial charge in [-0.25, -0.2) is 55.9 Å². The van der Waals surface area contributed by atoms with E-state index in [1.807, 2.05) is 47.3 Å². The van der Waals surface area contributed by atoms with Gasteiger partial charge in [-0.15, -0.1) is 56.5 Å². The molecule has 0 saturated carbocycles. The van der Waals surface area contributed by atoms with Crippen LogP contribution in [0.1, 0.15) is 36.7 Å². The Morgan fingerprint density at radius 1 is 0.474 bits per heavy atom. The van der Waals surface area contributed by atoms with Gasteiger partial charge in [0.2, 0.25) is 0 Å². The topological polar surface area (TPSA) is 653 Å². The van der Waals surface area contributed by atoms with Crippen LogP contribution in [0.4, 0.5) is 0 Å². The minimum Gasteiger partial charge on any atom is -0.872 e. The fraction of sp³-hybridized carbons (Fsp3) is 0.587. The van der Waals surface area contributed by atoms with Gasteiger partial charge in [0, 0.05) is 148 Å². The molecule has 7 rings (SSSR count). The van der Waals surface area contributed by atoms with Gasteiger partial charge in [-0.3, -0.25) is 39.6 Å². The van der Waals surface area contributed by atoms with Crippen molar-refractivity contribution in [2.45, 2.75) is 19.9 Å². The van der Waals surface area contributed by atoms with E-state index in [4.69, 9.17) is 73.9 Å². The van der Waals surface area contributed by atoms with Crippen LogP contribution in [-0.2, 0) is 67.1 Å². The van der Waals surface area contributed by atoms with Gasteiger partial charge in [0.05, 0.1) is 77.7 Å². The Hall–Kier alpha value is -5.23. The second kappa shape index (κ2) is 54.6. The van der Waals surface area contributed by atoms with Gasteiger partial charge in [0.25, 0.3) is 0 Å². The molecule has 0 spiro atoms. The predicted octanol–water partition coefficient (Wildman–Crippen LogP) is -12.5. The van der Waals surface area contributed by atoms with E-state index in [-0.39, 0.29) is 92.7 Å². The molecule has 0 bridgehead atoms. The van der Waals surface area contributed by atoms with Crippen molar-refractivity contribution in [1.82, 2.24) is 49.2 Å². The van der Waals surface area contributed by atoms with Crippen molar-refractivity contribution in [1.29, 1.82) is 0 Å². The fourth-order valence-electron chi connectivity index (χ4n) is 8.07. The van der Waals surface area contributed by atoms with Crippen LogP contribution in [-0.4, -0.2) is 245 Å². The first-order valence-corrected chi connectivity index (χ1v) is 31.5. The zero-order valence-electron chi connectivity index (χ0n) is 51.5. The number of hydrogen-bond donors (Lipinski definition) is 1. The summed E-state index contributed by atoms with van der Waals surface area (Å²) >= 11 is 5.48. The molecule has 1 aromatic carbocycles. The maximum atomic E-state index is 11.5. The van der Waals surface area contributed by atoms with E-state index >= 15 is 0 Å². The third-order valence-electron chi connectivity index (χ3n) is 12.6. The Morgan fingerprint density at radius 3 is 1.07 bits per heavy atom. The Kier molecular flexibility index (Phi) is 55.2. The second-order valence-corrected chi connectivity index (χ2v) is 21.8. The van der Waals surface area contributed by atoms with Crippen LogP contribution in [0.5, 0.6) is 5.75 Å². The van der Waals surface area contributed by atoms with Crippen LogP contribution in [0.25, 0.3) is 0 Å². The molecule has 0 unspecified atom stereocenters. The van der Waals surface area contributed by atoms with Crippen LogP contribution in [0, 0.1) is 77.0 Å². The monoisotopic (exact) mass is 1650 g/mol. The molecular weight excluding hydrogens is 1580 g/mol. The molecule has 43 nitrogen and oxygen atoms in total. The third-order valence-corrected chi connectivity index (χ3v) is 13.0. The van der Waals surface area contributed by atoms with Gasteiger partial charge in [-0.1, -0.05) is 42.5 Å². The quantitative estimate of drug-likeness (QED) is 0.0291. The van der Waals surface area contributed by atoms with E-state index in [2.05, 4.69) is 74.5 Å². The van der Waals surface area contributed by atoms with Crippen LogP contribution in [0.15, 0.2) is 103 Å². The summed E-state index contributed by atoms with van der Waals surface area (Å²) in [5.74, 6) is -0.0354. The Bertz CT molecular complexity index is 2760. The van der Waals surface area contributed by atoms with Crippen molar-refractivity contribution >= 4 is 30.9 Å². The second-order valence-electron chi connectivity index (χ2n) is 19.1. The smallest absolute Gasteiger partial charge is 0.872 e. The molecule has 3 aromatic rings. The Labute approximate surface area is 609 Å². The maximum absolute atomic E-state index is 11.5. The first-order chi connectivity index (χ1) is 43.8. The van der Waals surface area contributed by atoms with Crippen LogP contribution in [0.3, 0.4) is 0 Å². The van der Waals surface area contributed by atoms with E-state index < -0.39 is 30.7 Å². The van der Waals surface area contributed by atoms with E-state index in [9.17, 15) is 46.8 Å². The first kappa shape index (κ1) is 98.1. The van der Waals surface area contributed by atoms with Gasteiger partial charge in [0.15, 0.2) is 0 Å². The number of pyridine rings is 2. The summed E-state index contributed by atoms with van der Waals surface area (Å²) in [6, 6.07) is 16.7. The minimum atomic E-state index is -4.94. The zero-order chi connectivity index (χ0) is 70.0. The SMILES string of the molecule is CC(C)n1cccc(C=NCCN2CCN([N+]([O-])=N[O-])CC2)c1=S.NCCN1CCN([N+]([O-])=N[O-])CC1.[Cu+2].[Cu+2].[Ni+2].[Ni+2].[O-]N=[N+]([O-])N1CCN(CCN=Cc2ccccc2[O-])CC1.[O-]N=[N+]([O-])N1CCN(CCN=Cc2ccccn2)CC1.[O-][Cl+3]([O-])([O-])[O-].[O-][Cl+3]([O-])([O-])[O-].[O-][Cl+3]([O-])([O-])[O-]. The minimum absolute atomic E-state index is 0. The van der Waals surface area contributed by atoms with Gasteiger partial charge in [-0.05, 0) is 64.8 Å². The molecule has 4 saturated heterocycles. The van der Waals surface area contributed by atoms with Crippen molar-refractivity contribution in [3.05, 3.63) is 130 Å².